The molecule has 5 rings (SSSR count). The smallest absolute Gasteiger partial charge is 0.265 e. The first-order chi connectivity index (χ1) is 15.2. The van der Waals surface area contributed by atoms with Gasteiger partial charge in [-0.2, -0.15) is 5.26 Å². The highest BCUT2D eigenvalue weighted by Crippen LogP contribution is 2.20. The number of anilines is 2. The third kappa shape index (κ3) is 3.27. The second kappa shape index (κ2) is 7.74. The molecule has 7 heteroatoms. The molecule has 1 aliphatic heterocycles. The summed E-state index contributed by atoms with van der Waals surface area (Å²) in [6, 6.07) is 17.7. The van der Waals surface area contributed by atoms with Crippen molar-refractivity contribution < 1.29 is 4.74 Å². The molecule has 0 atom stereocenters. The zero-order chi connectivity index (χ0) is 21.4. The lowest BCUT2D eigenvalue weighted by Crippen LogP contribution is -2.36. The summed E-state index contributed by atoms with van der Waals surface area (Å²) in [6.45, 7) is 5.03. The van der Waals surface area contributed by atoms with E-state index in [1.807, 2.05) is 36.4 Å². The molecule has 2 aromatic carbocycles. The number of imidazole rings is 1. The van der Waals surface area contributed by atoms with E-state index in [1.54, 1.807) is 13.1 Å². The van der Waals surface area contributed by atoms with Crippen molar-refractivity contribution in [2.75, 3.05) is 36.5 Å². The SMILES string of the molecule is Cc1c(C#N)c2nc3ccccc3n2c(=O)c1=CNc1ccc(N2CCOCC2)cc1. The Kier molecular flexibility index (Phi) is 4.77. The number of nitrogens with one attached hydrogen (secondary N) is 1. The zero-order valence-electron chi connectivity index (χ0n) is 17.1. The minimum absolute atomic E-state index is 0.197. The van der Waals surface area contributed by atoms with E-state index in [9.17, 15) is 10.1 Å². The molecular weight excluding hydrogens is 390 g/mol. The summed E-state index contributed by atoms with van der Waals surface area (Å²) in [5.74, 6) is 0. The zero-order valence-corrected chi connectivity index (χ0v) is 17.1. The number of fused-ring (bicyclic) bond motifs is 3. The minimum atomic E-state index is -0.197. The standard InChI is InChI=1S/C24H21N5O2/c1-16-19(14-25)23-27-21-4-2-3-5-22(21)29(23)24(30)20(16)15-26-17-6-8-18(9-7-17)28-10-12-31-13-11-28/h2-9,15,26H,10-13H2,1H3. The quantitative estimate of drug-likeness (QED) is 0.558. The largest absolute Gasteiger partial charge is 0.378 e. The first kappa shape index (κ1) is 19.1. The van der Waals surface area contributed by atoms with Gasteiger partial charge < -0.3 is 15.0 Å². The summed E-state index contributed by atoms with van der Waals surface area (Å²) in [6.07, 6.45) is 1.68. The van der Waals surface area contributed by atoms with Gasteiger partial charge in [0.2, 0.25) is 0 Å². The highest BCUT2D eigenvalue weighted by Gasteiger charge is 2.16. The first-order valence-corrected chi connectivity index (χ1v) is 10.2. The van der Waals surface area contributed by atoms with Crippen LogP contribution in [0, 0.1) is 18.3 Å². The number of aromatic nitrogens is 2. The molecule has 0 bridgehead atoms. The monoisotopic (exact) mass is 411 g/mol. The van der Waals surface area contributed by atoms with Gasteiger partial charge in [-0.05, 0) is 48.9 Å². The van der Waals surface area contributed by atoms with Gasteiger partial charge in [-0.1, -0.05) is 12.1 Å². The summed E-state index contributed by atoms with van der Waals surface area (Å²) in [5, 5.41) is 13.4. The maximum absolute atomic E-state index is 13.3. The van der Waals surface area contributed by atoms with E-state index in [4.69, 9.17) is 4.74 Å². The third-order valence-corrected chi connectivity index (χ3v) is 5.74. The number of pyridine rings is 1. The van der Waals surface area contributed by atoms with Gasteiger partial charge in [0.25, 0.3) is 5.56 Å². The molecule has 0 unspecified atom stereocenters. The van der Waals surface area contributed by atoms with Gasteiger partial charge in [-0.15, -0.1) is 0 Å². The molecule has 31 heavy (non-hydrogen) atoms. The Morgan fingerprint density at radius 2 is 1.87 bits per heavy atom. The third-order valence-electron chi connectivity index (χ3n) is 5.74. The second-order valence-electron chi connectivity index (χ2n) is 7.53. The van der Waals surface area contributed by atoms with Crippen molar-refractivity contribution in [1.82, 2.24) is 9.38 Å². The van der Waals surface area contributed by atoms with Crippen molar-refractivity contribution in [2.24, 2.45) is 0 Å². The lowest BCUT2D eigenvalue weighted by molar-refractivity contribution is 0.122. The Hall–Kier alpha value is -3.89. The maximum atomic E-state index is 13.3. The fourth-order valence-electron chi connectivity index (χ4n) is 4.03. The van der Waals surface area contributed by atoms with Crippen molar-refractivity contribution in [3.8, 4) is 6.07 Å². The van der Waals surface area contributed by atoms with Gasteiger partial charge in [-0.25, -0.2) is 4.98 Å². The first-order valence-electron chi connectivity index (χ1n) is 10.2. The van der Waals surface area contributed by atoms with E-state index in [0.29, 0.717) is 33.0 Å². The van der Waals surface area contributed by atoms with E-state index in [2.05, 4.69) is 33.4 Å². The van der Waals surface area contributed by atoms with Crippen LogP contribution in [0.15, 0.2) is 53.3 Å². The fourth-order valence-corrected chi connectivity index (χ4v) is 4.03. The van der Waals surface area contributed by atoms with Crippen molar-refractivity contribution >= 4 is 34.3 Å². The maximum Gasteiger partial charge on any atom is 0.265 e. The van der Waals surface area contributed by atoms with Crippen LogP contribution in [0.25, 0.3) is 22.9 Å². The Balaban J connectivity index is 1.56. The van der Waals surface area contributed by atoms with Crippen LogP contribution in [0.5, 0.6) is 0 Å². The van der Waals surface area contributed by atoms with Crippen molar-refractivity contribution in [1.29, 1.82) is 5.26 Å². The average Bonchev–Trinajstić information content (AvgIpc) is 3.20. The molecule has 7 nitrogen and oxygen atoms in total. The van der Waals surface area contributed by atoms with E-state index >= 15 is 0 Å². The van der Waals surface area contributed by atoms with Gasteiger partial charge >= 0.3 is 0 Å². The van der Waals surface area contributed by atoms with E-state index in [-0.39, 0.29) is 5.56 Å². The van der Waals surface area contributed by atoms with Crippen LogP contribution in [0.4, 0.5) is 11.4 Å². The van der Waals surface area contributed by atoms with E-state index < -0.39 is 0 Å². The van der Waals surface area contributed by atoms with Gasteiger partial charge in [-0.3, -0.25) is 9.20 Å². The number of hydrogen-bond donors (Lipinski definition) is 1. The van der Waals surface area contributed by atoms with Crippen LogP contribution in [0.3, 0.4) is 0 Å². The van der Waals surface area contributed by atoms with Crippen molar-refractivity contribution in [2.45, 2.75) is 6.92 Å². The van der Waals surface area contributed by atoms with Crippen LogP contribution in [-0.4, -0.2) is 35.7 Å². The molecule has 1 N–H and O–H groups in total. The van der Waals surface area contributed by atoms with Gasteiger partial charge in [0, 0.05) is 30.7 Å². The molecular formula is C24H21N5O2. The highest BCUT2D eigenvalue weighted by molar-refractivity contribution is 5.82. The number of hydrogen-bond acceptors (Lipinski definition) is 6. The second-order valence-corrected chi connectivity index (χ2v) is 7.53. The van der Waals surface area contributed by atoms with Crippen molar-refractivity contribution in [3.63, 3.8) is 0 Å². The molecule has 0 spiro atoms. The Morgan fingerprint density at radius 1 is 1.13 bits per heavy atom. The summed E-state index contributed by atoms with van der Waals surface area (Å²) in [5.41, 5.74) is 4.63. The van der Waals surface area contributed by atoms with Crippen molar-refractivity contribution in [3.05, 3.63) is 75.2 Å². The molecule has 0 radical (unpaired) electrons. The molecule has 1 fully saturated rings. The van der Waals surface area contributed by atoms with Crippen LogP contribution >= 0.6 is 0 Å². The number of morpholine rings is 1. The van der Waals surface area contributed by atoms with Crippen LogP contribution in [0.2, 0.25) is 0 Å². The Labute approximate surface area is 178 Å². The van der Waals surface area contributed by atoms with E-state index in [0.717, 1.165) is 37.7 Å². The predicted octanol–water partition coefficient (Wildman–Crippen LogP) is 2.43. The number of ether oxygens (including phenoxy) is 1. The molecule has 0 amide bonds. The van der Waals surface area contributed by atoms with Gasteiger partial charge in [0.1, 0.15) is 6.07 Å². The van der Waals surface area contributed by atoms with Crippen LogP contribution in [-0.2, 0) is 4.74 Å². The lowest BCUT2D eigenvalue weighted by Gasteiger charge is -2.28. The summed E-state index contributed by atoms with van der Waals surface area (Å²) < 4.78 is 6.93. The molecule has 0 aliphatic carbocycles. The number of para-hydroxylation sites is 2. The molecule has 2 aromatic heterocycles. The molecule has 3 heterocycles. The normalized spacial score (nSPS) is 14.8. The topological polar surface area (TPSA) is 82.7 Å². The van der Waals surface area contributed by atoms with Crippen LogP contribution < -0.4 is 21.0 Å². The Morgan fingerprint density at radius 3 is 2.61 bits per heavy atom. The highest BCUT2D eigenvalue weighted by atomic mass is 16.5. The fraction of sp³-hybridized carbons (Fsp3) is 0.208. The molecule has 1 aliphatic rings. The minimum Gasteiger partial charge on any atom is -0.378 e. The molecule has 4 aromatic rings. The number of nitrogens with zero attached hydrogens (tertiary/aromatic N) is 4. The number of nitriles is 1. The number of benzene rings is 2. The average molecular weight is 411 g/mol. The Bertz CT molecular complexity index is 1430. The molecule has 1 saturated heterocycles. The van der Waals surface area contributed by atoms with Gasteiger partial charge in [0.05, 0.1) is 35.0 Å². The summed E-state index contributed by atoms with van der Waals surface area (Å²) in [7, 11) is 0. The molecule has 154 valence electrons. The van der Waals surface area contributed by atoms with E-state index in [1.165, 1.54) is 4.40 Å². The van der Waals surface area contributed by atoms with Crippen LogP contribution in [0.1, 0.15) is 11.1 Å². The van der Waals surface area contributed by atoms with Gasteiger partial charge in [0.15, 0.2) is 5.65 Å². The predicted molar refractivity (Wildman–Crippen MR) is 121 cm³/mol. The molecule has 0 saturated carbocycles. The summed E-state index contributed by atoms with van der Waals surface area (Å²) in [4.78, 5) is 20.1. The lowest BCUT2D eigenvalue weighted by atomic mass is 10.1. The number of rotatable bonds is 3. The summed E-state index contributed by atoms with van der Waals surface area (Å²) >= 11 is 0.